The molecule has 6 heteroatoms. The van der Waals surface area contributed by atoms with E-state index < -0.39 is 11.3 Å². The van der Waals surface area contributed by atoms with Gasteiger partial charge in [-0.1, -0.05) is 83.9 Å². The molecular weight excluding hydrogens is 520 g/mol. The largest absolute Gasteiger partial charge is 0.362 e. The van der Waals surface area contributed by atoms with Gasteiger partial charge in [0.2, 0.25) is 0 Å². The molecule has 4 aromatic carbocycles. The van der Waals surface area contributed by atoms with Gasteiger partial charge < -0.3 is 20.4 Å². The molecule has 42 heavy (non-hydrogen) atoms. The second kappa shape index (κ2) is 10.1. The molecule has 2 amide bonds. The Morgan fingerprint density at radius 3 is 1.29 bits per heavy atom. The highest BCUT2D eigenvalue weighted by molar-refractivity contribution is 6.03. The van der Waals surface area contributed by atoms with Crippen LogP contribution in [0.3, 0.4) is 0 Å². The van der Waals surface area contributed by atoms with E-state index in [4.69, 9.17) is 0 Å². The van der Waals surface area contributed by atoms with E-state index in [-0.39, 0.29) is 11.8 Å². The van der Waals surface area contributed by atoms with Crippen LogP contribution in [0.5, 0.6) is 0 Å². The molecule has 7 rings (SSSR count). The molecule has 2 aliphatic heterocycles. The smallest absolute Gasteiger partial charge is 0.258 e. The molecule has 212 valence electrons. The van der Waals surface area contributed by atoms with Gasteiger partial charge in [0.05, 0.1) is 11.1 Å². The van der Waals surface area contributed by atoms with E-state index in [2.05, 4.69) is 73.0 Å². The Morgan fingerprint density at radius 2 is 0.905 bits per heavy atom. The Labute approximate surface area is 247 Å². The molecule has 4 aromatic rings. The standard InChI is InChI=1S/C36H36N4O2/c1-25-11-15-27(16-12-25)23-39-33(41)29-7-3-5-9-31(29)37-35(39)19-21-36(22-20-35)38-32-10-6-4-8-30(32)34(42)40(36)24-28-17-13-26(2)14-18-28/h3-18,37-38H,19-24H2,1-2H3. The molecular formula is C36H36N4O2. The number of nitrogens with zero attached hydrogens (tertiary/aromatic N) is 2. The number of carbonyl (C=O) groups is 2. The molecule has 6 nitrogen and oxygen atoms in total. The first-order chi connectivity index (χ1) is 20.4. The fourth-order valence-electron chi connectivity index (χ4n) is 6.94. The van der Waals surface area contributed by atoms with Crippen LogP contribution in [0.25, 0.3) is 0 Å². The molecule has 2 N–H and O–H groups in total. The molecule has 2 spiro atoms. The molecule has 0 radical (unpaired) electrons. The Balaban J connectivity index is 1.25. The zero-order chi connectivity index (χ0) is 28.9. The van der Waals surface area contributed by atoms with Crippen molar-refractivity contribution in [1.82, 2.24) is 9.80 Å². The van der Waals surface area contributed by atoms with Crippen LogP contribution in [0.1, 0.15) is 68.7 Å². The van der Waals surface area contributed by atoms with Gasteiger partial charge in [0.25, 0.3) is 11.8 Å². The second-order valence-electron chi connectivity index (χ2n) is 12.2. The number of benzene rings is 4. The first-order valence-corrected chi connectivity index (χ1v) is 14.9. The van der Waals surface area contributed by atoms with Crippen molar-refractivity contribution in [2.45, 2.75) is 63.9 Å². The number of rotatable bonds is 4. The van der Waals surface area contributed by atoms with Gasteiger partial charge in [-0.25, -0.2) is 0 Å². The first-order valence-electron chi connectivity index (χ1n) is 14.9. The van der Waals surface area contributed by atoms with Gasteiger partial charge >= 0.3 is 0 Å². The molecule has 3 aliphatic rings. The van der Waals surface area contributed by atoms with Crippen molar-refractivity contribution in [1.29, 1.82) is 0 Å². The van der Waals surface area contributed by atoms with Gasteiger partial charge in [0.15, 0.2) is 0 Å². The summed E-state index contributed by atoms with van der Waals surface area (Å²) in [6, 6.07) is 32.5. The Hall–Kier alpha value is -4.58. The molecule has 0 aromatic heterocycles. The van der Waals surface area contributed by atoms with E-state index in [1.54, 1.807) is 0 Å². The zero-order valence-electron chi connectivity index (χ0n) is 24.2. The predicted octanol–water partition coefficient (Wildman–Crippen LogP) is 7.11. The number of anilines is 2. The summed E-state index contributed by atoms with van der Waals surface area (Å²) in [6.07, 6.45) is 2.80. The summed E-state index contributed by atoms with van der Waals surface area (Å²) in [5, 5.41) is 7.64. The van der Waals surface area contributed by atoms with E-state index in [1.807, 2.05) is 58.3 Å². The lowest BCUT2D eigenvalue weighted by Crippen LogP contribution is -2.67. The van der Waals surface area contributed by atoms with Crippen LogP contribution in [-0.4, -0.2) is 32.9 Å². The molecule has 0 unspecified atom stereocenters. The fraction of sp³-hybridized carbons (Fsp3) is 0.278. The van der Waals surface area contributed by atoms with Crippen molar-refractivity contribution in [3.63, 3.8) is 0 Å². The van der Waals surface area contributed by atoms with E-state index in [9.17, 15) is 9.59 Å². The predicted molar refractivity (Wildman–Crippen MR) is 166 cm³/mol. The van der Waals surface area contributed by atoms with Crippen LogP contribution < -0.4 is 10.6 Å². The average molecular weight is 557 g/mol. The lowest BCUT2D eigenvalue weighted by molar-refractivity contribution is -0.00366. The summed E-state index contributed by atoms with van der Waals surface area (Å²) in [6.45, 7) is 5.20. The minimum Gasteiger partial charge on any atom is -0.362 e. The summed E-state index contributed by atoms with van der Waals surface area (Å²) in [5.74, 6) is 0.103. The first kappa shape index (κ1) is 26.3. The van der Waals surface area contributed by atoms with Crippen LogP contribution in [0, 0.1) is 13.8 Å². The second-order valence-corrected chi connectivity index (χ2v) is 12.2. The van der Waals surface area contributed by atoms with Crippen LogP contribution in [0.4, 0.5) is 11.4 Å². The van der Waals surface area contributed by atoms with Crippen LogP contribution in [-0.2, 0) is 13.1 Å². The van der Waals surface area contributed by atoms with Crippen molar-refractivity contribution < 1.29 is 9.59 Å². The molecule has 2 heterocycles. The maximum absolute atomic E-state index is 14.1. The quantitative estimate of drug-likeness (QED) is 0.281. The highest BCUT2D eigenvalue weighted by atomic mass is 16.2. The minimum atomic E-state index is -0.557. The number of hydrogen-bond donors (Lipinski definition) is 2. The molecule has 0 atom stereocenters. The third-order valence-electron chi connectivity index (χ3n) is 9.40. The van der Waals surface area contributed by atoms with Gasteiger partial charge in [0, 0.05) is 24.5 Å². The lowest BCUT2D eigenvalue weighted by atomic mass is 9.76. The van der Waals surface area contributed by atoms with Gasteiger partial charge in [0.1, 0.15) is 11.3 Å². The topological polar surface area (TPSA) is 64.7 Å². The summed E-state index contributed by atoms with van der Waals surface area (Å²) in [5.41, 5.74) is 6.67. The normalized spacial score (nSPS) is 22.9. The zero-order valence-corrected chi connectivity index (χ0v) is 24.2. The van der Waals surface area contributed by atoms with Crippen molar-refractivity contribution in [3.05, 3.63) is 130 Å². The monoisotopic (exact) mass is 556 g/mol. The van der Waals surface area contributed by atoms with Crippen LogP contribution >= 0.6 is 0 Å². The SMILES string of the molecule is Cc1ccc(CN2C(=O)c3ccccc3NC23CCC2(CC3)Nc3ccccc3C(=O)N2Cc2ccc(C)cc2)cc1. The van der Waals surface area contributed by atoms with Crippen molar-refractivity contribution >= 4 is 23.2 Å². The molecule has 1 aliphatic carbocycles. The molecule has 0 bridgehead atoms. The third kappa shape index (κ3) is 4.42. The summed E-state index contributed by atoms with van der Waals surface area (Å²) in [7, 11) is 0. The van der Waals surface area contributed by atoms with Gasteiger partial charge in [-0.2, -0.15) is 0 Å². The van der Waals surface area contributed by atoms with Crippen molar-refractivity contribution in [2.75, 3.05) is 10.6 Å². The highest BCUT2D eigenvalue weighted by Gasteiger charge is 2.54. The maximum Gasteiger partial charge on any atom is 0.258 e. The van der Waals surface area contributed by atoms with Gasteiger partial charge in [-0.05, 0) is 74.9 Å². The number of nitrogens with one attached hydrogen (secondary N) is 2. The Morgan fingerprint density at radius 1 is 0.548 bits per heavy atom. The highest BCUT2D eigenvalue weighted by Crippen LogP contribution is 2.48. The summed E-state index contributed by atoms with van der Waals surface area (Å²) < 4.78 is 0. The fourth-order valence-corrected chi connectivity index (χ4v) is 6.94. The number of carbonyl (C=O) groups excluding carboxylic acids is 2. The lowest BCUT2D eigenvalue weighted by Gasteiger charge is -2.58. The summed E-state index contributed by atoms with van der Waals surface area (Å²) >= 11 is 0. The van der Waals surface area contributed by atoms with E-state index in [0.717, 1.165) is 22.5 Å². The van der Waals surface area contributed by atoms with Crippen LogP contribution in [0.15, 0.2) is 97.1 Å². The number of aryl methyl sites for hydroxylation is 2. The number of amides is 2. The van der Waals surface area contributed by atoms with Gasteiger partial charge in [-0.15, -0.1) is 0 Å². The number of hydrogen-bond acceptors (Lipinski definition) is 4. The number of fused-ring (bicyclic) bond motifs is 2. The minimum absolute atomic E-state index is 0.0513. The van der Waals surface area contributed by atoms with Crippen LogP contribution in [0.2, 0.25) is 0 Å². The maximum atomic E-state index is 14.1. The van der Waals surface area contributed by atoms with E-state index in [1.165, 1.54) is 11.1 Å². The van der Waals surface area contributed by atoms with E-state index >= 15 is 0 Å². The molecule has 1 saturated carbocycles. The van der Waals surface area contributed by atoms with Crippen molar-refractivity contribution in [3.8, 4) is 0 Å². The van der Waals surface area contributed by atoms with E-state index in [0.29, 0.717) is 49.9 Å². The number of para-hydroxylation sites is 2. The third-order valence-corrected chi connectivity index (χ3v) is 9.40. The average Bonchev–Trinajstić information content (AvgIpc) is 3.01. The summed E-state index contributed by atoms with van der Waals surface area (Å²) in [4.78, 5) is 32.2. The van der Waals surface area contributed by atoms with Crippen molar-refractivity contribution in [2.24, 2.45) is 0 Å². The Kier molecular flexibility index (Phi) is 6.30. The molecule has 1 fully saturated rings. The van der Waals surface area contributed by atoms with Gasteiger partial charge in [-0.3, -0.25) is 9.59 Å². The molecule has 0 saturated heterocycles. The Bertz CT molecular complexity index is 1530.